The van der Waals surface area contributed by atoms with Gasteiger partial charge >= 0.3 is 3.95 Å². The molecule has 1 aromatic rings. The summed E-state index contributed by atoms with van der Waals surface area (Å²) >= 11 is 4.57. The summed E-state index contributed by atoms with van der Waals surface area (Å²) < 4.78 is 34.8. The molecule has 0 aliphatic rings. The molecule has 62 valence electrons. The molecule has 0 aromatic carbocycles. The van der Waals surface area contributed by atoms with Gasteiger partial charge < -0.3 is 4.55 Å². The van der Waals surface area contributed by atoms with E-state index in [9.17, 15) is 13.0 Å². The lowest BCUT2D eigenvalue weighted by Gasteiger charge is -1.93. The van der Waals surface area contributed by atoms with Gasteiger partial charge in [-0.05, 0) is 6.92 Å². The molecule has 1 aromatic heterocycles. The fourth-order valence-corrected chi connectivity index (χ4v) is 3.71. The van der Waals surface area contributed by atoms with Crippen LogP contribution >= 0.6 is 21.9 Å². The quantitative estimate of drug-likeness (QED) is 0.317. The summed E-state index contributed by atoms with van der Waals surface area (Å²) in [5, 5.41) is 0. The van der Waals surface area contributed by atoms with E-state index in [1.807, 2.05) is 0 Å². The maximum absolute atomic E-state index is 10.4. The Balaban J connectivity index is 3.49. The SMILES string of the molecule is Cc1n[s+](S(=O)(=O)[O-])c(=S)[nH]1. The Kier molecular flexibility index (Phi) is 2.10. The first-order valence-corrected chi connectivity index (χ1v) is 6.00. The topological polar surface area (TPSA) is 85.9 Å². The lowest BCUT2D eigenvalue weighted by Crippen LogP contribution is -1.91. The normalized spacial score (nSPS) is 13.5. The summed E-state index contributed by atoms with van der Waals surface area (Å²) in [5.74, 6) is 0.373. The summed E-state index contributed by atoms with van der Waals surface area (Å²) in [5.41, 5.74) is 0. The molecular weight excluding hydrogens is 208 g/mol. The van der Waals surface area contributed by atoms with E-state index < -0.39 is 18.8 Å². The van der Waals surface area contributed by atoms with Crippen LogP contribution in [0.15, 0.2) is 0 Å². The zero-order chi connectivity index (χ0) is 8.65. The van der Waals surface area contributed by atoms with Crippen LogP contribution in [-0.4, -0.2) is 22.3 Å². The molecule has 8 heteroatoms. The van der Waals surface area contributed by atoms with Crippen molar-refractivity contribution >= 4 is 31.1 Å². The van der Waals surface area contributed by atoms with E-state index in [2.05, 4.69) is 21.6 Å². The van der Waals surface area contributed by atoms with Crippen LogP contribution in [0.3, 0.4) is 0 Å². The van der Waals surface area contributed by atoms with Gasteiger partial charge in [0.25, 0.3) is 21.4 Å². The molecule has 11 heavy (non-hydrogen) atoms. The van der Waals surface area contributed by atoms with Crippen molar-refractivity contribution in [3.63, 3.8) is 0 Å². The number of aryl methyl sites for hydroxylation is 1. The number of nitrogens with zero attached hydrogens (tertiary/aromatic N) is 1. The summed E-state index contributed by atoms with van der Waals surface area (Å²) in [6.45, 7) is 1.55. The minimum atomic E-state index is -4.40. The minimum Gasteiger partial charge on any atom is -0.719 e. The van der Waals surface area contributed by atoms with Gasteiger partial charge in [0.05, 0.1) is 0 Å². The van der Waals surface area contributed by atoms with Crippen molar-refractivity contribution in [1.29, 1.82) is 0 Å². The zero-order valence-corrected chi connectivity index (χ0v) is 7.85. The molecule has 0 aliphatic heterocycles. The molecule has 0 radical (unpaired) electrons. The Morgan fingerprint density at radius 1 is 1.73 bits per heavy atom. The smallest absolute Gasteiger partial charge is 0.391 e. The summed E-state index contributed by atoms with van der Waals surface area (Å²) in [7, 11) is -6.09. The molecule has 1 heterocycles. The van der Waals surface area contributed by atoms with E-state index in [0.717, 1.165) is 0 Å². The minimum absolute atomic E-state index is 0.0162. The molecule has 0 saturated heterocycles. The van der Waals surface area contributed by atoms with Gasteiger partial charge in [0, 0.05) is 0 Å². The molecule has 0 saturated carbocycles. The number of aromatic nitrogens is 2. The first-order valence-electron chi connectivity index (χ1n) is 2.48. The summed E-state index contributed by atoms with van der Waals surface area (Å²) in [6.07, 6.45) is 0. The fourth-order valence-electron chi connectivity index (χ4n) is 0.518. The van der Waals surface area contributed by atoms with Gasteiger partial charge in [-0.15, -0.1) is 0 Å². The number of H-pyrrole nitrogens is 1. The van der Waals surface area contributed by atoms with E-state index in [-0.39, 0.29) is 3.95 Å². The van der Waals surface area contributed by atoms with Crippen molar-refractivity contribution in [3.8, 4) is 0 Å². The van der Waals surface area contributed by atoms with Crippen molar-refractivity contribution in [2.75, 3.05) is 0 Å². The van der Waals surface area contributed by atoms with E-state index in [0.29, 0.717) is 5.82 Å². The van der Waals surface area contributed by atoms with Crippen LogP contribution in [0, 0.1) is 10.9 Å². The third kappa shape index (κ3) is 1.83. The van der Waals surface area contributed by atoms with Crippen LogP contribution < -0.4 is 0 Å². The molecule has 1 rings (SSSR count). The highest BCUT2D eigenvalue weighted by molar-refractivity contribution is 8.35. The average Bonchev–Trinajstić information content (AvgIpc) is 2.08. The van der Waals surface area contributed by atoms with Gasteiger partial charge in [-0.1, -0.05) is 4.37 Å². The number of rotatable bonds is 1. The van der Waals surface area contributed by atoms with Crippen LogP contribution in [0.5, 0.6) is 0 Å². The second kappa shape index (κ2) is 2.63. The second-order valence-corrected chi connectivity index (χ2v) is 6.49. The second-order valence-electron chi connectivity index (χ2n) is 1.75. The van der Waals surface area contributed by atoms with Gasteiger partial charge in [-0.25, -0.2) is 8.42 Å². The molecule has 1 N–H and O–H groups in total. The Morgan fingerprint density at radius 2 is 2.27 bits per heavy atom. The largest absolute Gasteiger partial charge is 0.719 e. The summed E-state index contributed by atoms with van der Waals surface area (Å²) in [4.78, 5) is 2.49. The van der Waals surface area contributed by atoms with Gasteiger partial charge in [0.1, 0.15) is 5.82 Å². The highest BCUT2D eigenvalue weighted by Crippen LogP contribution is 2.20. The van der Waals surface area contributed by atoms with Crippen molar-refractivity contribution < 1.29 is 13.0 Å². The number of nitrogens with one attached hydrogen (secondary N) is 1. The van der Waals surface area contributed by atoms with Crippen molar-refractivity contribution in [2.45, 2.75) is 6.92 Å². The zero-order valence-electron chi connectivity index (χ0n) is 5.40. The molecular formula is C3H4N2O3S3. The summed E-state index contributed by atoms with van der Waals surface area (Å²) in [6, 6.07) is 0. The van der Waals surface area contributed by atoms with Crippen LogP contribution in [0.1, 0.15) is 5.82 Å². The first-order chi connectivity index (χ1) is 4.91. The van der Waals surface area contributed by atoms with Gasteiger partial charge in [-0.3, -0.25) is 4.98 Å². The molecule has 1 unspecified atom stereocenters. The van der Waals surface area contributed by atoms with Crippen molar-refractivity contribution in [3.05, 3.63) is 9.78 Å². The van der Waals surface area contributed by atoms with Crippen LogP contribution in [0.4, 0.5) is 0 Å². The standard InChI is InChI=1S/C3H4N2O3S3/c1-2-4-3(9)10(5-2)11(6,7)8/h1H3,(H-,4,5,6,7,8,9). The molecule has 1 atom stereocenters. The van der Waals surface area contributed by atoms with E-state index in [4.69, 9.17) is 0 Å². The molecule has 0 aliphatic carbocycles. The van der Waals surface area contributed by atoms with Crippen molar-refractivity contribution in [2.24, 2.45) is 0 Å². The highest BCUT2D eigenvalue weighted by Gasteiger charge is 2.15. The fraction of sp³-hybridized carbons (Fsp3) is 0.333. The lowest BCUT2D eigenvalue weighted by molar-refractivity contribution is 0.481. The van der Waals surface area contributed by atoms with Crippen molar-refractivity contribution in [1.82, 2.24) is 9.36 Å². The Labute approximate surface area is 70.4 Å². The van der Waals surface area contributed by atoms with Gasteiger partial charge in [-0.2, -0.15) is 0 Å². The maximum Gasteiger partial charge on any atom is 0.391 e. The van der Waals surface area contributed by atoms with Crippen LogP contribution in [-0.2, 0) is 9.15 Å². The number of hydrogen-bond donors (Lipinski definition) is 1. The van der Waals surface area contributed by atoms with Gasteiger partial charge in [0.15, 0.2) is 9.70 Å². The first kappa shape index (κ1) is 8.78. The van der Waals surface area contributed by atoms with Crippen LogP contribution in [0.2, 0.25) is 0 Å². The number of hydrogen-bond acceptors (Lipinski definition) is 5. The lowest BCUT2D eigenvalue weighted by atomic mass is 10.8. The predicted octanol–water partition coefficient (Wildman–Crippen LogP) is 0.505. The molecule has 0 bridgehead atoms. The Hall–Kier alpha value is -0.310. The van der Waals surface area contributed by atoms with E-state index in [1.165, 1.54) is 0 Å². The predicted molar refractivity (Wildman–Crippen MR) is 41.7 cm³/mol. The average molecular weight is 212 g/mol. The molecule has 5 nitrogen and oxygen atoms in total. The molecule has 0 fully saturated rings. The highest BCUT2D eigenvalue weighted by atomic mass is 33.2. The van der Waals surface area contributed by atoms with E-state index in [1.54, 1.807) is 6.92 Å². The van der Waals surface area contributed by atoms with Gasteiger partial charge in [0.2, 0.25) is 0 Å². The number of aromatic amines is 1. The molecule has 0 amide bonds. The Morgan fingerprint density at radius 3 is 2.45 bits per heavy atom. The third-order valence-electron chi connectivity index (χ3n) is 0.855. The Bertz CT molecular complexity index is 413. The van der Waals surface area contributed by atoms with Crippen LogP contribution in [0.25, 0.3) is 0 Å². The third-order valence-corrected chi connectivity index (χ3v) is 4.88. The maximum atomic E-state index is 10.4. The molecule has 0 spiro atoms. The van der Waals surface area contributed by atoms with E-state index >= 15 is 0 Å². The monoisotopic (exact) mass is 212 g/mol.